The van der Waals surface area contributed by atoms with E-state index < -0.39 is 12.1 Å². The van der Waals surface area contributed by atoms with E-state index in [1.54, 1.807) is 0 Å². The van der Waals surface area contributed by atoms with Crippen molar-refractivity contribution in [3.63, 3.8) is 0 Å². The quantitative estimate of drug-likeness (QED) is 0.279. The fraction of sp³-hybridized carbons (Fsp3) is 0.476. The summed E-state index contributed by atoms with van der Waals surface area (Å²) in [5.74, 6) is 0.868. The van der Waals surface area contributed by atoms with Gasteiger partial charge in [-0.1, -0.05) is 68.4 Å². The fourth-order valence-corrected chi connectivity index (χ4v) is 6.94. The molecule has 2 atom stereocenters. The summed E-state index contributed by atoms with van der Waals surface area (Å²) in [6.45, 7) is 6.74. The van der Waals surface area contributed by atoms with Gasteiger partial charge in [-0.25, -0.2) is 0 Å². The van der Waals surface area contributed by atoms with Gasteiger partial charge >= 0.3 is 0 Å². The number of rotatable bonds is 6. The van der Waals surface area contributed by atoms with Crippen LogP contribution in [0.2, 0.25) is 0 Å². The van der Waals surface area contributed by atoms with Crippen LogP contribution >= 0.6 is 0 Å². The second kappa shape index (κ2) is 19.7. The number of benzene rings is 3. The maximum Gasteiger partial charge on any atom is 0.258 e. The summed E-state index contributed by atoms with van der Waals surface area (Å²) in [4.78, 5) is 53.7. The van der Waals surface area contributed by atoms with Crippen molar-refractivity contribution in [2.24, 2.45) is 11.8 Å². The van der Waals surface area contributed by atoms with Gasteiger partial charge in [-0.3, -0.25) is 19.2 Å². The maximum atomic E-state index is 13.7. The number of ether oxygens (including phenoxy) is 3. The first-order valence-electron chi connectivity index (χ1n) is 19.0. The summed E-state index contributed by atoms with van der Waals surface area (Å²) in [6, 6.07) is 21.2. The van der Waals surface area contributed by atoms with Gasteiger partial charge in [0.05, 0.1) is 6.61 Å². The van der Waals surface area contributed by atoms with Crippen LogP contribution in [0.15, 0.2) is 72.8 Å². The Bertz CT molecular complexity index is 1660. The summed E-state index contributed by atoms with van der Waals surface area (Å²) in [6.07, 6.45) is 4.64. The molecule has 284 valence electrons. The van der Waals surface area contributed by atoms with Crippen molar-refractivity contribution in [1.82, 2.24) is 21.3 Å². The third-order valence-electron chi connectivity index (χ3n) is 9.70. The van der Waals surface area contributed by atoms with Crippen LogP contribution in [-0.2, 0) is 38.6 Å². The average Bonchev–Trinajstić information content (AvgIpc) is 3.14. The molecule has 0 spiro atoms. The molecule has 1 saturated carbocycles. The maximum absolute atomic E-state index is 13.7. The molecule has 0 aromatic heterocycles. The molecule has 8 rings (SSSR count). The predicted octanol–water partition coefficient (Wildman–Crippen LogP) is 5.04. The zero-order chi connectivity index (χ0) is 37.6. The number of hydrogen-bond donors (Lipinski definition) is 4. The molecule has 4 heterocycles. The van der Waals surface area contributed by atoms with Gasteiger partial charge in [0.25, 0.3) is 5.91 Å². The highest BCUT2D eigenvalue weighted by atomic mass is 16.5. The highest BCUT2D eigenvalue weighted by Gasteiger charge is 2.30. The molecule has 53 heavy (non-hydrogen) atoms. The molecule has 4 N–H and O–H groups in total. The first-order chi connectivity index (χ1) is 25.7. The molecule has 11 nitrogen and oxygen atoms in total. The molecule has 1 aliphatic carbocycles. The van der Waals surface area contributed by atoms with Crippen LogP contribution in [-0.4, -0.2) is 61.5 Å². The third-order valence-corrected chi connectivity index (χ3v) is 9.70. The molecule has 4 bridgehead atoms. The summed E-state index contributed by atoms with van der Waals surface area (Å²) in [7, 11) is 0. The van der Waals surface area contributed by atoms with Crippen molar-refractivity contribution in [2.45, 2.75) is 96.9 Å². The molecule has 0 radical (unpaired) electrons. The van der Waals surface area contributed by atoms with Gasteiger partial charge in [0.2, 0.25) is 17.7 Å². The first kappa shape index (κ1) is 39.2. The molecule has 0 unspecified atom stereocenters. The minimum absolute atomic E-state index is 0.0203. The smallest absolute Gasteiger partial charge is 0.258 e. The molecule has 0 saturated heterocycles. The molecular weight excluding hydrogens is 672 g/mol. The van der Waals surface area contributed by atoms with Crippen molar-refractivity contribution in [3.05, 3.63) is 89.5 Å². The Morgan fingerprint density at radius 3 is 2.23 bits per heavy atom. The lowest BCUT2D eigenvalue weighted by Gasteiger charge is -2.29. The van der Waals surface area contributed by atoms with E-state index in [1.165, 1.54) is 0 Å². The van der Waals surface area contributed by atoms with E-state index in [-0.39, 0.29) is 54.7 Å². The molecule has 4 aliphatic heterocycles. The first-order valence-corrected chi connectivity index (χ1v) is 19.0. The average molecular weight is 727 g/mol. The number of nitrogens with one attached hydrogen (secondary N) is 4. The van der Waals surface area contributed by atoms with E-state index in [0.717, 1.165) is 42.4 Å². The standard InChI is InChI=1S/C42H54N4O7/c1-4-51-37-12-8-11-32-26-52-34-19-15-29(16-20-34)21-22-43-41(49)36(24-30-9-6-5-7-10-30)46-42(50)35(23-28(2)3)45-38(47)25-31-13-17-33(18-14-31)44-39(48)27-53-40(32)37/h5-12,15-16,19-20,28,31,33,35-36H,4,13-14,17-18,21-27H2,1-3H3,(H,43,49)(H,44,48)(H,45,47)(H,46,50)/t31?,33?,35-,36+/m0/s1. The van der Waals surface area contributed by atoms with Crippen molar-refractivity contribution in [3.8, 4) is 17.2 Å². The summed E-state index contributed by atoms with van der Waals surface area (Å²) in [5, 5.41) is 12.1. The predicted molar refractivity (Wildman–Crippen MR) is 203 cm³/mol. The van der Waals surface area contributed by atoms with E-state index >= 15 is 0 Å². The van der Waals surface area contributed by atoms with Gasteiger partial charge in [-0.2, -0.15) is 0 Å². The van der Waals surface area contributed by atoms with Crippen molar-refractivity contribution < 1.29 is 33.4 Å². The summed E-state index contributed by atoms with van der Waals surface area (Å²) < 4.78 is 18.0. The van der Waals surface area contributed by atoms with E-state index in [0.29, 0.717) is 56.1 Å². The molecule has 3 aromatic rings. The lowest BCUT2D eigenvalue weighted by Crippen LogP contribution is -2.55. The van der Waals surface area contributed by atoms with E-state index in [4.69, 9.17) is 14.2 Å². The van der Waals surface area contributed by atoms with Crippen LogP contribution in [0.3, 0.4) is 0 Å². The van der Waals surface area contributed by atoms with Crippen molar-refractivity contribution in [1.29, 1.82) is 0 Å². The second-order valence-electron chi connectivity index (χ2n) is 14.4. The molecule has 11 heteroatoms. The monoisotopic (exact) mass is 726 g/mol. The molecule has 5 aliphatic rings. The van der Waals surface area contributed by atoms with Crippen LogP contribution in [0.1, 0.15) is 76.0 Å². The van der Waals surface area contributed by atoms with Crippen LogP contribution in [0.25, 0.3) is 0 Å². The van der Waals surface area contributed by atoms with Gasteiger partial charge in [0.1, 0.15) is 24.4 Å². The summed E-state index contributed by atoms with van der Waals surface area (Å²) in [5.41, 5.74) is 2.67. The number of carbonyl (C=O) groups excluding carboxylic acids is 4. The third kappa shape index (κ3) is 12.3. The van der Waals surface area contributed by atoms with Crippen molar-refractivity contribution >= 4 is 23.6 Å². The lowest BCUT2D eigenvalue weighted by molar-refractivity contribution is -0.132. The van der Waals surface area contributed by atoms with Crippen molar-refractivity contribution in [2.75, 3.05) is 19.8 Å². The molecule has 3 aromatic carbocycles. The van der Waals surface area contributed by atoms with E-state index in [1.807, 2.05) is 93.6 Å². The Balaban J connectivity index is 1.34. The van der Waals surface area contributed by atoms with E-state index in [2.05, 4.69) is 21.3 Å². The molecule has 4 amide bonds. The Morgan fingerprint density at radius 1 is 0.755 bits per heavy atom. The van der Waals surface area contributed by atoms with Gasteiger partial charge < -0.3 is 35.5 Å². The van der Waals surface area contributed by atoms with Gasteiger partial charge in [-0.05, 0) is 86.6 Å². The van der Waals surface area contributed by atoms with Crippen LogP contribution in [0.4, 0.5) is 0 Å². The Hall–Kier alpha value is -5.06. The second-order valence-corrected chi connectivity index (χ2v) is 14.4. The Morgan fingerprint density at radius 2 is 1.51 bits per heavy atom. The van der Waals surface area contributed by atoms with E-state index in [9.17, 15) is 19.2 Å². The zero-order valence-electron chi connectivity index (χ0n) is 31.2. The van der Waals surface area contributed by atoms with Crippen LogP contribution in [0.5, 0.6) is 17.2 Å². The normalized spacial score (nSPS) is 22.3. The Kier molecular flexibility index (Phi) is 14.5. The lowest BCUT2D eigenvalue weighted by atomic mass is 9.84. The number of hydrogen-bond acceptors (Lipinski definition) is 7. The minimum atomic E-state index is -0.824. The fourth-order valence-electron chi connectivity index (χ4n) is 6.94. The number of carbonyl (C=O) groups is 4. The minimum Gasteiger partial charge on any atom is -0.490 e. The van der Waals surface area contributed by atoms with Crippen LogP contribution in [0, 0.1) is 11.8 Å². The highest BCUT2D eigenvalue weighted by molar-refractivity contribution is 5.92. The topological polar surface area (TPSA) is 144 Å². The number of amides is 4. The number of para-hydroxylation sites is 1. The van der Waals surface area contributed by atoms with Crippen LogP contribution < -0.4 is 35.5 Å². The molecular formula is C42H54N4O7. The summed E-state index contributed by atoms with van der Waals surface area (Å²) >= 11 is 0. The van der Waals surface area contributed by atoms with Gasteiger partial charge in [0.15, 0.2) is 18.1 Å². The van der Waals surface area contributed by atoms with Gasteiger partial charge in [0, 0.05) is 31.0 Å². The SMILES string of the molecule is CCOc1cccc2c1OCC(=O)NC1CCC(CC1)CC(=O)N[C@@H](CC(C)C)C(=O)N[C@H](Cc1ccccc1)C(=O)NCCc1ccc(cc1)OC2. The Labute approximate surface area is 312 Å². The highest BCUT2D eigenvalue weighted by Crippen LogP contribution is 2.33. The van der Waals surface area contributed by atoms with Gasteiger partial charge in [-0.15, -0.1) is 0 Å². The molecule has 1 fully saturated rings. The largest absolute Gasteiger partial charge is 0.490 e. The zero-order valence-corrected chi connectivity index (χ0v) is 31.2.